The molecule has 1 N–H and O–H groups in total. The Balaban J connectivity index is 2.48. The van der Waals surface area contributed by atoms with Crippen LogP contribution in [0.4, 0.5) is 0 Å². The van der Waals surface area contributed by atoms with Gasteiger partial charge in [0, 0.05) is 22.7 Å². The summed E-state index contributed by atoms with van der Waals surface area (Å²) in [6.07, 6.45) is 1.80. The summed E-state index contributed by atoms with van der Waals surface area (Å²) in [4.78, 5) is 12.7. The molecule has 0 fully saturated rings. The highest BCUT2D eigenvalue weighted by molar-refractivity contribution is 7.13. The lowest BCUT2D eigenvalue weighted by Crippen LogP contribution is -2.23. The number of aliphatic hydroxyl groups is 1. The van der Waals surface area contributed by atoms with Crippen LogP contribution in [0, 0.1) is 0 Å². The third-order valence-corrected chi connectivity index (χ3v) is 3.40. The number of rotatable bonds is 3. The molecule has 1 unspecified atom stereocenters. The number of thiophene rings is 1. The lowest BCUT2D eigenvalue weighted by molar-refractivity contribution is 0.236. The molecule has 0 aliphatic heterocycles. The predicted octanol–water partition coefficient (Wildman–Crippen LogP) is 2.13. The number of pyridine rings is 1. The fourth-order valence-electron chi connectivity index (χ4n) is 1.52. The Bertz CT molecular complexity index is 516. The first-order chi connectivity index (χ1) is 7.72. The molecule has 4 heteroatoms. The van der Waals surface area contributed by atoms with Crippen LogP contribution in [0.5, 0.6) is 0 Å². The number of nitrogens with zero attached hydrogens (tertiary/aromatic N) is 1. The average molecular weight is 235 g/mol. The van der Waals surface area contributed by atoms with E-state index in [9.17, 15) is 4.79 Å². The molecule has 2 aromatic rings. The van der Waals surface area contributed by atoms with Crippen LogP contribution < -0.4 is 5.56 Å². The fourth-order valence-corrected chi connectivity index (χ4v) is 2.24. The molecule has 16 heavy (non-hydrogen) atoms. The Kier molecular flexibility index (Phi) is 3.22. The summed E-state index contributed by atoms with van der Waals surface area (Å²) in [6.45, 7) is 1.79. The third-order valence-electron chi connectivity index (χ3n) is 2.48. The molecule has 1 atom stereocenters. The van der Waals surface area contributed by atoms with Crippen molar-refractivity contribution in [3.63, 3.8) is 0 Å². The van der Waals surface area contributed by atoms with E-state index in [1.165, 1.54) is 0 Å². The second-order valence-corrected chi connectivity index (χ2v) is 4.62. The predicted molar refractivity (Wildman–Crippen MR) is 65.8 cm³/mol. The highest BCUT2D eigenvalue weighted by atomic mass is 32.1. The van der Waals surface area contributed by atoms with E-state index >= 15 is 0 Å². The van der Waals surface area contributed by atoms with Gasteiger partial charge in [0.1, 0.15) is 0 Å². The van der Waals surface area contributed by atoms with Crippen LogP contribution in [0.1, 0.15) is 13.0 Å². The summed E-state index contributed by atoms with van der Waals surface area (Å²) in [5.41, 5.74) is 0.928. The van der Waals surface area contributed by atoms with Gasteiger partial charge in [0.25, 0.3) is 5.56 Å². The van der Waals surface area contributed by atoms with Crippen molar-refractivity contribution in [1.29, 1.82) is 0 Å². The minimum absolute atomic E-state index is 0.0339. The first-order valence-electron chi connectivity index (χ1n) is 5.09. The Morgan fingerprint density at radius 2 is 2.25 bits per heavy atom. The van der Waals surface area contributed by atoms with Crippen LogP contribution in [0.3, 0.4) is 0 Å². The minimum atomic E-state index is -0.188. The molecule has 0 saturated heterocycles. The molecule has 3 nitrogen and oxygen atoms in total. The molecule has 2 rings (SSSR count). The molecule has 0 aromatic carbocycles. The Morgan fingerprint density at radius 1 is 1.44 bits per heavy atom. The summed E-state index contributed by atoms with van der Waals surface area (Å²) in [7, 11) is 0. The van der Waals surface area contributed by atoms with E-state index in [-0.39, 0.29) is 18.2 Å². The van der Waals surface area contributed by atoms with Gasteiger partial charge in [0.2, 0.25) is 0 Å². The molecule has 0 spiro atoms. The van der Waals surface area contributed by atoms with Crippen molar-refractivity contribution in [3.8, 4) is 10.4 Å². The van der Waals surface area contributed by atoms with Crippen molar-refractivity contribution in [2.24, 2.45) is 0 Å². The second kappa shape index (κ2) is 4.63. The molecule has 0 radical (unpaired) electrons. The van der Waals surface area contributed by atoms with Gasteiger partial charge in [-0.2, -0.15) is 0 Å². The van der Waals surface area contributed by atoms with Gasteiger partial charge in [-0.1, -0.05) is 6.07 Å². The molecular weight excluding hydrogens is 222 g/mol. The lowest BCUT2D eigenvalue weighted by atomic mass is 10.2. The van der Waals surface area contributed by atoms with Gasteiger partial charge < -0.3 is 9.67 Å². The molecular formula is C12H13NO2S. The summed E-state index contributed by atoms with van der Waals surface area (Å²) < 4.78 is 1.56. The number of hydrogen-bond donors (Lipinski definition) is 1. The van der Waals surface area contributed by atoms with E-state index in [0.717, 1.165) is 10.4 Å². The number of aliphatic hydroxyl groups excluding tert-OH is 1. The smallest absolute Gasteiger partial charge is 0.250 e. The van der Waals surface area contributed by atoms with Crippen molar-refractivity contribution in [2.75, 3.05) is 6.61 Å². The van der Waals surface area contributed by atoms with Gasteiger partial charge >= 0.3 is 0 Å². The molecule has 0 saturated carbocycles. The number of aromatic nitrogens is 1. The largest absolute Gasteiger partial charge is 0.394 e. The van der Waals surface area contributed by atoms with Gasteiger partial charge in [-0.15, -0.1) is 11.3 Å². The first-order valence-corrected chi connectivity index (χ1v) is 5.97. The summed E-state index contributed by atoms with van der Waals surface area (Å²) in [5, 5.41) is 11.1. The monoisotopic (exact) mass is 235 g/mol. The van der Waals surface area contributed by atoms with Crippen molar-refractivity contribution in [3.05, 3.63) is 46.2 Å². The second-order valence-electron chi connectivity index (χ2n) is 3.67. The fraction of sp³-hybridized carbons (Fsp3) is 0.250. The maximum absolute atomic E-state index is 11.6. The molecule has 0 aliphatic carbocycles. The van der Waals surface area contributed by atoms with Crippen LogP contribution in [-0.2, 0) is 0 Å². The quantitative estimate of drug-likeness (QED) is 0.885. The highest BCUT2D eigenvalue weighted by Crippen LogP contribution is 2.23. The Morgan fingerprint density at radius 3 is 2.88 bits per heavy atom. The molecule has 0 aliphatic rings. The Labute approximate surface area is 97.6 Å². The SMILES string of the molecule is CC(CO)n1cc(-c2cccs2)ccc1=O. The molecule has 0 bridgehead atoms. The van der Waals surface area contributed by atoms with Crippen LogP contribution >= 0.6 is 11.3 Å². The van der Waals surface area contributed by atoms with Crippen LogP contribution in [0.25, 0.3) is 10.4 Å². The molecule has 2 heterocycles. The zero-order valence-corrected chi connectivity index (χ0v) is 9.78. The summed E-state index contributed by atoms with van der Waals surface area (Å²) in [6, 6.07) is 7.16. The van der Waals surface area contributed by atoms with Crippen molar-refractivity contribution in [1.82, 2.24) is 4.57 Å². The van der Waals surface area contributed by atoms with Gasteiger partial charge in [-0.05, 0) is 24.4 Å². The third kappa shape index (κ3) is 2.08. The van der Waals surface area contributed by atoms with Crippen molar-refractivity contribution in [2.45, 2.75) is 13.0 Å². The highest BCUT2D eigenvalue weighted by Gasteiger charge is 2.07. The average Bonchev–Trinajstić information content (AvgIpc) is 2.82. The van der Waals surface area contributed by atoms with Gasteiger partial charge in [0.05, 0.1) is 12.6 Å². The maximum atomic E-state index is 11.6. The first kappa shape index (κ1) is 11.1. The van der Waals surface area contributed by atoms with Crippen LogP contribution in [-0.4, -0.2) is 16.3 Å². The van der Waals surface area contributed by atoms with E-state index in [4.69, 9.17) is 5.11 Å². The zero-order valence-electron chi connectivity index (χ0n) is 8.96. The van der Waals surface area contributed by atoms with E-state index in [1.807, 2.05) is 30.5 Å². The maximum Gasteiger partial charge on any atom is 0.250 e. The summed E-state index contributed by atoms with van der Waals surface area (Å²) in [5.74, 6) is 0. The minimum Gasteiger partial charge on any atom is -0.394 e. The van der Waals surface area contributed by atoms with Crippen molar-refractivity contribution < 1.29 is 5.11 Å². The van der Waals surface area contributed by atoms with E-state index in [0.29, 0.717) is 0 Å². The van der Waals surface area contributed by atoms with Gasteiger partial charge in [-0.25, -0.2) is 0 Å². The summed E-state index contributed by atoms with van der Waals surface area (Å²) >= 11 is 1.63. The topological polar surface area (TPSA) is 42.2 Å². The number of hydrogen-bond acceptors (Lipinski definition) is 3. The molecule has 2 aromatic heterocycles. The van der Waals surface area contributed by atoms with Crippen LogP contribution in [0.15, 0.2) is 40.6 Å². The van der Waals surface area contributed by atoms with Crippen molar-refractivity contribution >= 4 is 11.3 Å². The van der Waals surface area contributed by atoms with Gasteiger partial charge in [-0.3, -0.25) is 4.79 Å². The molecule has 0 amide bonds. The normalized spacial score (nSPS) is 12.6. The standard InChI is InChI=1S/C12H13NO2S/c1-9(8-14)13-7-10(4-5-12(13)15)11-3-2-6-16-11/h2-7,9,14H,8H2,1H3. The van der Waals surface area contributed by atoms with E-state index in [1.54, 1.807) is 28.2 Å². The zero-order chi connectivity index (χ0) is 11.5. The lowest BCUT2D eigenvalue weighted by Gasteiger charge is -2.12. The molecule has 84 valence electrons. The Hall–Kier alpha value is -1.39. The van der Waals surface area contributed by atoms with E-state index in [2.05, 4.69) is 0 Å². The van der Waals surface area contributed by atoms with E-state index < -0.39 is 0 Å². The van der Waals surface area contributed by atoms with Crippen LogP contribution in [0.2, 0.25) is 0 Å². The van der Waals surface area contributed by atoms with Gasteiger partial charge in [0.15, 0.2) is 0 Å².